The van der Waals surface area contributed by atoms with Gasteiger partial charge in [-0.1, -0.05) is 49.9 Å². The molecule has 0 aliphatic rings. The molecule has 0 amide bonds. The molecule has 2 heterocycles. The molecular weight excluding hydrogens is 579 g/mol. The van der Waals surface area contributed by atoms with Crippen LogP contribution in [0, 0.1) is 0 Å². The maximum Gasteiger partial charge on any atom is 0.255 e. The van der Waals surface area contributed by atoms with Gasteiger partial charge in [0.15, 0.2) is 0 Å². The van der Waals surface area contributed by atoms with Crippen molar-refractivity contribution in [1.29, 1.82) is 0 Å². The molecule has 0 aliphatic carbocycles. The first-order chi connectivity index (χ1) is 15.3. The number of halogens is 4. The molecule has 0 aliphatic heterocycles. The van der Waals surface area contributed by atoms with Crippen molar-refractivity contribution in [3.05, 3.63) is 77.0 Å². The minimum Gasteiger partial charge on any atom is -0.507 e. The van der Waals surface area contributed by atoms with Crippen molar-refractivity contribution in [2.45, 2.75) is 39.5 Å². The summed E-state index contributed by atoms with van der Waals surface area (Å²) in [5.74, 6) is 0.0445. The summed E-state index contributed by atoms with van der Waals surface area (Å²) in [6.45, 7) is 4.11. The molecule has 4 aromatic rings. The smallest absolute Gasteiger partial charge is 0.255 e. The molecule has 0 atom stereocenters. The molecular formula is C24H22Br2Cl2N2O2. The van der Waals surface area contributed by atoms with Crippen LogP contribution in [0.2, 0.25) is 10.0 Å². The van der Waals surface area contributed by atoms with Gasteiger partial charge < -0.3 is 10.1 Å². The molecule has 0 unspecified atom stereocenters. The molecule has 0 saturated carbocycles. The first kappa shape index (κ1) is 25.0. The number of nitrogens with one attached hydrogen (secondary N) is 1. The van der Waals surface area contributed by atoms with Gasteiger partial charge in [-0.05, 0) is 86.7 Å². The second-order valence-electron chi connectivity index (χ2n) is 7.33. The Morgan fingerprint density at radius 1 is 0.938 bits per heavy atom. The third-order valence-electron chi connectivity index (χ3n) is 4.97. The zero-order valence-corrected chi connectivity index (χ0v) is 22.3. The van der Waals surface area contributed by atoms with Crippen molar-refractivity contribution in [2.24, 2.45) is 0 Å². The summed E-state index contributed by atoms with van der Waals surface area (Å²) in [4.78, 5) is 18.9. The van der Waals surface area contributed by atoms with E-state index in [9.17, 15) is 9.90 Å². The molecule has 0 fully saturated rings. The summed E-state index contributed by atoms with van der Waals surface area (Å²) in [6.07, 6.45) is 3.45. The molecule has 0 spiro atoms. The average molecular weight is 601 g/mol. The third-order valence-corrected chi connectivity index (χ3v) is 7.00. The van der Waals surface area contributed by atoms with Crippen molar-refractivity contribution in [2.75, 3.05) is 0 Å². The Morgan fingerprint density at radius 2 is 1.53 bits per heavy atom. The predicted octanol–water partition coefficient (Wildman–Crippen LogP) is 8.21. The largest absolute Gasteiger partial charge is 0.507 e. The molecule has 0 radical (unpaired) electrons. The van der Waals surface area contributed by atoms with Gasteiger partial charge in [0.25, 0.3) is 5.56 Å². The van der Waals surface area contributed by atoms with Gasteiger partial charge in [0, 0.05) is 25.3 Å². The minimum absolute atomic E-state index is 0.0445. The number of hydrogen-bond acceptors (Lipinski definition) is 3. The fourth-order valence-electron chi connectivity index (χ4n) is 3.44. The quantitative estimate of drug-likeness (QED) is 0.232. The van der Waals surface area contributed by atoms with E-state index in [1.54, 1.807) is 18.2 Å². The van der Waals surface area contributed by atoms with Crippen molar-refractivity contribution >= 4 is 76.9 Å². The van der Waals surface area contributed by atoms with Gasteiger partial charge in [0.05, 0.1) is 16.6 Å². The first-order valence-corrected chi connectivity index (χ1v) is 12.6. The van der Waals surface area contributed by atoms with Crippen LogP contribution in [0.4, 0.5) is 0 Å². The van der Waals surface area contributed by atoms with E-state index in [0.717, 1.165) is 44.3 Å². The van der Waals surface area contributed by atoms with Crippen LogP contribution in [0.3, 0.4) is 0 Å². The van der Waals surface area contributed by atoms with Crippen molar-refractivity contribution in [3.8, 4) is 5.75 Å². The van der Waals surface area contributed by atoms with Gasteiger partial charge in [-0.25, -0.2) is 4.98 Å². The van der Waals surface area contributed by atoms with Gasteiger partial charge >= 0.3 is 0 Å². The van der Waals surface area contributed by atoms with Crippen molar-refractivity contribution in [3.63, 3.8) is 0 Å². The molecule has 4 rings (SSSR count). The standard InChI is InChI=1S/C12H10Br2ClN.C12H12ClNO2/c1-2-3-8-11(13)9-6-7(15)4-5-10(9)16-12(8)14;1-2-3-8-11(15)9-6-7(13)4-5-10(9)14-12(8)16/h4-6H,2-3H2,1H3;4-6H,2-3H2,1H3,(H2,14,15,16). The maximum atomic E-state index is 11.7. The highest BCUT2D eigenvalue weighted by Gasteiger charge is 2.12. The lowest BCUT2D eigenvalue weighted by Crippen LogP contribution is -2.12. The second kappa shape index (κ2) is 11.0. The molecule has 2 aromatic carbocycles. The number of pyridine rings is 2. The lowest BCUT2D eigenvalue weighted by molar-refractivity contribution is 0.472. The van der Waals surface area contributed by atoms with Crippen LogP contribution in [0.1, 0.15) is 37.8 Å². The molecule has 0 saturated heterocycles. The number of hydrogen-bond donors (Lipinski definition) is 2. The van der Waals surface area contributed by atoms with E-state index in [4.69, 9.17) is 23.2 Å². The predicted molar refractivity (Wildman–Crippen MR) is 141 cm³/mol. The molecule has 2 aromatic heterocycles. The highest BCUT2D eigenvalue weighted by molar-refractivity contribution is 9.11. The Hall–Kier alpha value is -1.60. The lowest BCUT2D eigenvalue weighted by atomic mass is 10.1. The number of aromatic hydroxyl groups is 1. The summed E-state index contributed by atoms with van der Waals surface area (Å²) in [5.41, 5.74) is 2.96. The average Bonchev–Trinajstić information content (AvgIpc) is 2.76. The Bertz CT molecular complexity index is 1340. The highest BCUT2D eigenvalue weighted by atomic mass is 79.9. The zero-order chi connectivity index (χ0) is 23.4. The summed E-state index contributed by atoms with van der Waals surface area (Å²) in [5, 5.41) is 12.9. The number of aromatic amines is 1. The molecule has 8 heteroatoms. The molecule has 0 bridgehead atoms. The summed E-state index contributed by atoms with van der Waals surface area (Å²) in [7, 11) is 0. The van der Waals surface area contributed by atoms with Crippen molar-refractivity contribution < 1.29 is 5.11 Å². The topological polar surface area (TPSA) is 66.0 Å². The minimum atomic E-state index is -0.228. The van der Waals surface area contributed by atoms with Gasteiger partial charge in [-0.2, -0.15) is 0 Å². The van der Waals surface area contributed by atoms with Crippen LogP contribution in [0.15, 0.2) is 50.3 Å². The van der Waals surface area contributed by atoms with Crippen LogP contribution < -0.4 is 5.56 Å². The van der Waals surface area contributed by atoms with Crippen LogP contribution in [0.5, 0.6) is 5.75 Å². The number of benzene rings is 2. The zero-order valence-electron chi connectivity index (χ0n) is 17.6. The van der Waals surface area contributed by atoms with Crippen molar-refractivity contribution in [1.82, 2.24) is 9.97 Å². The van der Waals surface area contributed by atoms with E-state index >= 15 is 0 Å². The molecule has 168 valence electrons. The van der Waals surface area contributed by atoms with Gasteiger partial charge in [0.1, 0.15) is 10.4 Å². The SMILES string of the molecule is CCCc1c(Br)nc2ccc(Cl)cc2c1Br.CCCc1c(O)c2cc(Cl)ccc2[nH]c1=O. The van der Waals surface area contributed by atoms with E-state index in [0.29, 0.717) is 27.9 Å². The lowest BCUT2D eigenvalue weighted by Gasteiger charge is -2.09. The van der Waals surface area contributed by atoms with Crippen LogP contribution in [-0.4, -0.2) is 15.1 Å². The van der Waals surface area contributed by atoms with Crippen LogP contribution in [0.25, 0.3) is 21.8 Å². The van der Waals surface area contributed by atoms with Gasteiger partial charge in [-0.15, -0.1) is 0 Å². The first-order valence-electron chi connectivity index (χ1n) is 10.2. The fourth-order valence-corrected chi connectivity index (χ4v) is 5.34. The Morgan fingerprint density at radius 3 is 2.19 bits per heavy atom. The number of nitrogens with zero attached hydrogens (tertiary/aromatic N) is 1. The summed E-state index contributed by atoms with van der Waals surface area (Å²) in [6, 6.07) is 10.8. The number of fused-ring (bicyclic) bond motifs is 2. The van der Waals surface area contributed by atoms with E-state index in [1.807, 2.05) is 25.1 Å². The third kappa shape index (κ3) is 5.48. The number of aromatic nitrogens is 2. The number of H-pyrrole nitrogens is 1. The van der Waals surface area contributed by atoms with E-state index in [2.05, 4.69) is 48.8 Å². The van der Waals surface area contributed by atoms with E-state index < -0.39 is 0 Å². The fraction of sp³-hybridized carbons (Fsp3) is 0.250. The summed E-state index contributed by atoms with van der Waals surface area (Å²) < 4.78 is 2.00. The Balaban J connectivity index is 0.000000181. The maximum absolute atomic E-state index is 11.7. The number of rotatable bonds is 4. The Labute approximate surface area is 213 Å². The van der Waals surface area contributed by atoms with Gasteiger partial charge in [0.2, 0.25) is 0 Å². The summed E-state index contributed by atoms with van der Waals surface area (Å²) >= 11 is 19.0. The van der Waals surface area contributed by atoms with E-state index in [1.165, 1.54) is 5.56 Å². The highest BCUT2D eigenvalue weighted by Crippen LogP contribution is 2.33. The Kier molecular flexibility index (Phi) is 8.62. The molecule has 2 N–H and O–H groups in total. The van der Waals surface area contributed by atoms with Crippen LogP contribution in [-0.2, 0) is 12.8 Å². The second-order valence-corrected chi connectivity index (χ2v) is 9.74. The molecule has 4 nitrogen and oxygen atoms in total. The van der Waals surface area contributed by atoms with E-state index in [-0.39, 0.29) is 11.3 Å². The van der Waals surface area contributed by atoms with Gasteiger partial charge in [-0.3, -0.25) is 4.79 Å². The van der Waals surface area contributed by atoms with Crippen LogP contribution >= 0.6 is 55.1 Å². The normalized spacial score (nSPS) is 10.9. The monoisotopic (exact) mass is 598 g/mol. The molecule has 32 heavy (non-hydrogen) atoms.